The summed E-state index contributed by atoms with van der Waals surface area (Å²) in [6, 6.07) is 17.2. The standard InChI is InChI=1S/C22H25N3O3.ClH/c1-28-19-9-5-8-18(14-19)25-21(26)15-20(22(25)27)24-12-10-23(11-13-24)16-17-6-3-2-4-7-17;/h2-9,14,20H,10-13,15-16H2,1H3;1H. The Labute approximate surface area is 177 Å². The summed E-state index contributed by atoms with van der Waals surface area (Å²) in [7, 11) is 1.57. The van der Waals surface area contributed by atoms with Gasteiger partial charge >= 0.3 is 0 Å². The third-order valence-corrected chi connectivity index (χ3v) is 5.53. The fourth-order valence-electron chi connectivity index (χ4n) is 4.00. The predicted octanol–water partition coefficient (Wildman–Crippen LogP) is 2.57. The number of hydrogen-bond acceptors (Lipinski definition) is 5. The number of benzene rings is 2. The minimum absolute atomic E-state index is 0. The Kier molecular flexibility index (Phi) is 6.90. The minimum atomic E-state index is -0.363. The van der Waals surface area contributed by atoms with Gasteiger partial charge in [0.2, 0.25) is 5.91 Å². The fraction of sp³-hybridized carbons (Fsp3) is 0.364. The van der Waals surface area contributed by atoms with Gasteiger partial charge in [-0.05, 0) is 17.7 Å². The average molecular weight is 416 g/mol. The molecular weight excluding hydrogens is 390 g/mol. The number of piperazine rings is 1. The number of halogens is 1. The van der Waals surface area contributed by atoms with Crippen LogP contribution in [0.15, 0.2) is 54.6 Å². The van der Waals surface area contributed by atoms with Crippen LogP contribution in [0.4, 0.5) is 5.69 Å². The number of hydrogen-bond donors (Lipinski definition) is 0. The summed E-state index contributed by atoms with van der Waals surface area (Å²) in [6.45, 7) is 4.30. The van der Waals surface area contributed by atoms with Crippen molar-refractivity contribution < 1.29 is 14.3 Å². The van der Waals surface area contributed by atoms with Gasteiger partial charge in [-0.1, -0.05) is 36.4 Å². The minimum Gasteiger partial charge on any atom is -0.497 e. The second-order valence-electron chi connectivity index (χ2n) is 7.29. The molecule has 154 valence electrons. The summed E-state index contributed by atoms with van der Waals surface area (Å²) >= 11 is 0. The van der Waals surface area contributed by atoms with Crippen molar-refractivity contribution in [3.05, 3.63) is 60.2 Å². The summed E-state index contributed by atoms with van der Waals surface area (Å²) in [6.07, 6.45) is 0.245. The molecule has 0 aliphatic carbocycles. The first-order chi connectivity index (χ1) is 13.7. The third-order valence-electron chi connectivity index (χ3n) is 5.53. The molecule has 4 rings (SSSR count). The Morgan fingerprint density at radius 1 is 0.966 bits per heavy atom. The van der Waals surface area contributed by atoms with E-state index in [0.717, 1.165) is 32.7 Å². The summed E-state index contributed by atoms with van der Waals surface area (Å²) in [5.41, 5.74) is 1.88. The van der Waals surface area contributed by atoms with E-state index in [1.54, 1.807) is 31.4 Å². The normalized spacial score (nSPS) is 20.6. The van der Waals surface area contributed by atoms with Crippen molar-refractivity contribution in [3.8, 4) is 5.75 Å². The quantitative estimate of drug-likeness (QED) is 0.702. The Hall–Kier alpha value is -2.41. The molecule has 2 aliphatic heterocycles. The zero-order valence-corrected chi connectivity index (χ0v) is 17.3. The van der Waals surface area contributed by atoms with Crippen LogP contribution in [0.1, 0.15) is 12.0 Å². The summed E-state index contributed by atoms with van der Waals surface area (Å²) in [5.74, 6) is 0.362. The van der Waals surface area contributed by atoms with Gasteiger partial charge in [-0.2, -0.15) is 0 Å². The van der Waals surface area contributed by atoms with Gasteiger partial charge in [-0.3, -0.25) is 19.4 Å². The van der Waals surface area contributed by atoms with Gasteiger partial charge in [0.1, 0.15) is 5.75 Å². The maximum Gasteiger partial charge on any atom is 0.251 e. The van der Waals surface area contributed by atoms with Crippen molar-refractivity contribution in [2.75, 3.05) is 38.2 Å². The van der Waals surface area contributed by atoms with E-state index in [2.05, 4.69) is 34.1 Å². The molecule has 0 saturated carbocycles. The van der Waals surface area contributed by atoms with Crippen LogP contribution in [0.3, 0.4) is 0 Å². The van der Waals surface area contributed by atoms with Crippen molar-refractivity contribution in [1.82, 2.24) is 9.80 Å². The summed E-state index contributed by atoms with van der Waals surface area (Å²) in [5, 5.41) is 0. The SMILES string of the molecule is COc1cccc(N2C(=O)CC(N3CCN(Cc4ccccc4)CC3)C2=O)c1.Cl. The van der Waals surface area contributed by atoms with E-state index in [1.165, 1.54) is 10.5 Å². The number of methoxy groups -OCH3 is 1. The Balaban J connectivity index is 0.00000240. The number of imide groups is 1. The van der Waals surface area contributed by atoms with E-state index in [4.69, 9.17) is 4.74 Å². The molecule has 2 aliphatic rings. The molecule has 0 N–H and O–H groups in total. The van der Waals surface area contributed by atoms with E-state index in [0.29, 0.717) is 11.4 Å². The lowest BCUT2D eigenvalue weighted by Crippen LogP contribution is -2.52. The topological polar surface area (TPSA) is 53.1 Å². The van der Waals surface area contributed by atoms with Crippen molar-refractivity contribution in [2.45, 2.75) is 19.0 Å². The predicted molar refractivity (Wildman–Crippen MR) is 114 cm³/mol. The van der Waals surface area contributed by atoms with Crippen LogP contribution < -0.4 is 9.64 Å². The third kappa shape index (κ3) is 4.61. The monoisotopic (exact) mass is 415 g/mol. The van der Waals surface area contributed by atoms with Crippen LogP contribution >= 0.6 is 12.4 Å². The molecule has 1 atom stereocenters. The average Bonchev–Trinajstić information content (AvgIpc) is 3.03. The zero-order chi connectivity index (χ0) is 19.5. The van der Waals surface area contributed by atoms with Crippen LogP contribution in [0, 0.1) is 0 Å². The number of ether oxygens (including phenoxy) is 1. The van der Waals surface area contributed by atoms with Gasteiger partial charge in [-0.15, -0.1) is 12.4 Å². The van der Waals surface area contributed by atoms with Gasteiger partial charge in [-0.25, -0.2) is 4.90 Å². The molecule has 0 radical (unpaired) electrons. The number of carbonyl (C=O) groups excluding carboxylic acids is 2. The van der Waals surface area contributed by atoms with E-state index in [9.17, 15) is 9.59 Å². The molecule has 0 spiro atoms. The van der Waals surface area contributed by atoms with Gasteiger partial charge in [0, 0.05) is 38.8 Å². The highest BCUT2D eigenvalue weighted by Crippen LogP contribution is 2.28. The number of rotatable bonds is 5. The number of carbonyl (C=O) groups is 2. The molecule has 7 heteroatoms. The Morgan fingerprint density at radius 3 is 2.38 bits per heavy atom. The van der Waals surface area contributed by atoms with E-state index >= 15 is 0 Å². The van der Waals surface area contributed by atoms with Crippen LogP contribution in [0.2, 0.25) is 0 Å². The second kappa shape index (κ2) is 9.39. The van der Waals surface area contributed by atoms with Crippen LogP contribution in [0.25, 0.3) is 0 Å². The molecule has 2 fully saturated rings. The second-order valence-corrected chi connectivity index (χ2v) is 7.29. The van der Waals surface area contributed by atoms with Crippen molar-refractivity contribution >= 4 is 29.9 Å². The van der Waals surface area contributed by atoms with Gasteiger partial charge in [0.05, 0.1) is 25.3 Å². The number of amides is 2. The molecular formula is C22H26ClN3O3. The van der Waals surface area contributed by atoms with Gasteiger partial charge in [0.25, 0.3) is 5.91 Å². The molecule has 2 aromatic rings. The van der Waals surface area contributed by atoms with E-state index in [-0.39, 0.29) is 36.7 Å². The maximum absolute atomic E-state index is 13.0. The van der Waals surface area contributed by atoms with Gasteiger partial charge < -0.3 is 4.74 Å². The lowest BCUT2D eigenvalue weighted by Gasteiger charge is -2.37. The lowest BCUT2D eigenvalue weighted by atomic mass is 10.1. The molecule has 2 saturated heterocycles. The highest BCUT2D eigenvalue weighted by molar-refractivity contribution is 6.22. The van der Waals surface area contributed by atoms with Crippen LogP contribution in [-0.4, -0.2) is 60.9 Å². The summed E-state index contributed by atoms with van der Waals surface area (Å²) in [4.78, 5) is 31.4. The largest absolute Gasteiger partial charge is 0.497 e. The van der Waals surface area contributed by atoms with Crippen LogP contribution in [-0.2, 0) is 16.1 Å². The summed E-state index contributed by atoms with van der Waals surface area (Å²) < 4.78 is 5.22. The molecule has 0 aromatic heterocycles. The van der Waals surface area contributed by atoms with E-state index in [1.807, 2.05) is 6.07 Å². The van der Waals surface area contributed by atoms with Crippen LogP contribution in [0.5, 0.6) is 5.75 Å². The van der Waals surface area contributed by atoms with Crippen molar-refractivity contribution in [3.63, 3.8) is 0 Å². The van der Waals surface area contributed by atoms with Gasteiger partial charge in [0.15, 0.2) is 0 Å². The Bertz CT molecular complexity index is 853. The smallest absolute Gasteiger partial charge is 0.251 e. The number of nitrogens with zero attached hydrogens (tertiary/aromatic N) is 3. The highest BCUT2D eigenvalue weighted by Gasteiger charge is 2.43. The molecule has 2 aromatic carbocycles. The first-order valence-electron chi connectivity index (χ1n) is 9.67. The lowest BCUT2D eigenvalue weighted by molar-refractivity contribution is -0.123. The number of anilines is 1. The highest BCUT2D eigenvalue weighted by atomic mass is 35.5. The molecule has 2 amide bonds. The zero-order valence-electron chi connectivity index (χ0n) is 16.5. The first kappa shape index (κ1) is 21.3. The molecule has 2 heterocycles. The fourth-order valence-corrected chi connectivity index (χ4v) is 4.00. The Morgan fingerprint density at radius 2 is 1.69 bits per heavy atom. The van der Waals surface area contributed by atoms with E-state index < -0.39 is 0 Å². The molecule has 6 nitrogen and oxygen atoms in total. The molecule has 1 unspecified atom stereocenters. The van der Waals surface area contributed by atoms with Crippen molar-refractivity contribution in [2.24, 2.45) is 0 Å². The maximum atomic E-state index is 13.0. The molecule has 29 heavy (non-hydrogen) atoms. The molecule has 0 bridgehead atoms. The first-order valence-corrected chi connectivity index (χ1v) is 9.67. The van der Waals surface area contributed by atoms with Crippen molar-refractivity contribution in [1.29, 1.82) is 0 Å².